The van der Waals surface area contributed by atoms with E-state index in [1.54, 1.807) is 25.3 Å². The van der Waals surface area contributed by atoms with E-state index in [4.69, 9.17) is 4.74 Å². The van der Waals surface area contributed by atoms with E-state index in [1.807, 2.05) is 36.4 Å². The highest BCUT2D eigenvalue weighted by atomic mass is 32.1. The summed E-state index contributed by atoms with van der Waals surface area (Å²) in [6.45, 7) is 3.52. The third-order valence-corrected chi connectivity index (χ3v) is 5.64. The van der Waals surface area contributed by atoms with Gasteiger partial charge >= 0.3 is 11.9 Å². The van der Waals surface area contributed by atoms with Crippen LogP contribution in [0.4, 0.5) is 5.00 Å². The zero-order valence-electron chi connectivity index (χ0n) is 16.3. The Bertz CT molecular complexity index is 932. The van der Waals surface area contributed by atoms with Crippen molar-refractivity contribution in [3.05, 3.63) is 53.4 Å². The van der Waals surface area contributed by atoms with E-state index in [2.05, 4.69) is 5.32 Å². The quantitative estimate of drug-likeness (QED) is 0.534. The second-order valence-electron chi connectivity index (χ2n) is 7.16. The first kappa shape index (κ1) is 20.8. The Kier molecular flexibility index (Phi) is 6.49. The van der Waals surface area contributed by atoms with Gasteiger partial charge in [0, 0.05) is 10.9 Å². The molecule has 2 aromatic rings. The monoisotopic (exact) mass is 413 g/mol. The molecular formula is C22H23NO5S. The predicted octanol–water partition coefficient (Wildman–Crippen LogP) is 4.59. The summed E-state index contributed by atoms with van der Waals surface area (Å²) >= 11 is 1.23. The molecule has 1 amide bonds. The van der Waals surface area contributed by atoms with Gasteiger partial charge in [0.15, 0.2) is 0 Å². The fourth-order valence-electron chi connectivity index (χ4n) is 3.34. The van der Waals surface area contributed by atoms with E-state index in [-0.39, 0.29) is 6.10 Å². The molecule has 0 spiro atoms. The van der Waals surface area contributed by atoms with Crippen molar-refractivity contribution in [1.82, 2.24) is 0 Å². The van der Waals surface area contributed by atoms with Crippen LogP contribution in [0, 0.1) is 11.8 Å². The van der Waals surface area contributed by atoms with E-state index < -0.39 is 29.7 Å². The topological polar surface area (TPSA) is 92.7 Å². The summed E-state index contributed by atoms with van der Waals surface area (Å²) in [4.78, 5) is 37.2. The maximum atomic E-state index is 12.9. The first-order valence-corrected chi connectivity index (χ1v) is 10.3. The Hall–Kier alpha value is -2.93. The number of anilines is 1. The molecule has 2 atom stereocenters. The first-order valence-electron chi connectivity index (χ1n) is 9.45. The number of carbonyl (C=O) groups excluding carboxylic acids is 2. The van der Waals surface area contributed by atoms with Gasteiger partial charge in [-0.1, -0.05) is 42.5 Å². The minimum absolute atomic E-state index is 0.293. The number of benzene rings is 1. The number of thiophene rings is 1. The van der Waals surface area contributed by atoms with E-state index in [1.165, 1.54) is 11.3 Å². The molecule has 1 aliphatic carbocycles. The Balaban J connectivity index is 1.93. The number of hydrogen-bond acceptors (Lipinski definition) is 5. The van der Waals surface area contributed by atoms with Crippen molar-refractivity contribution in [2.24, 2.45) is 11.8 Å². The number of aliphatic carboxylic acids is 1. The number of nitrogens with one attached hydrogen (secondary N) is 1. The van der Waals surface area contributed by atoms with E-state index in [9.17, 15) is 19.5 Å². The summed E-state index contributed by atoms with van der Waals surface area (Å²) in [5.74, 6) is -3.38. The van der Waals surface area contributed by atoms with Crippen LogP contribution in [-0.2, 0) is 14.3 Å². The third kappa shape index (κ3) is 4.74. The van der Waals surface area contributed by atoms with Gasteiger partial charge in [0.1, 0.15) is 10.6 Å². The van der Waals surface area contributed by atoms with Crippen molar-refractivity contribution in [2.75, 3.05) is 5.32 Å². The molecule has 2 N–H and O–H groups in total. The lowest BCUT2D eigenvalue weighted by Gasteiger charge is -2.24. The molecule has 0 radical (unpaired) electrons. The van der Waals surface area contributed by atoms with Gasteiger partial charge in [-0.3, -0.25) is 9.59 Å². The number of carboxylic acids is 1. The zero-order chi connectivity index (χ0) is 21.0. The molecule has 0 aliphatic heterocycles. The van der Waals surface area contributed by atoms with Crippen LogP contribution in [0.15, 0.2) is 47.9 Å². The van der Waals surface area contributed by atoms with Gasteiger partial charge < -0.3 is 15.2 Å². The van der Waals surface area contributed by atoms with Crippen LogP contribution in [0.5, 0.6) is 0 Å². The maximum absolute atomic E-state index is 12.9. The fraction of sp³-hybridized carbons (Fsp3) is 0.318. The summed E-state index contributed by atoms with van der Waals surface area (Å²) in [5.41, 5.74) is 1.81. The smallest absolute Gasteiger partial charge is 0.342 e. The van der Waals surface area contributed by atoms with Crippen molar-refractivity contribution in [2.45, 2.75) is 32.8 Å². The Morgan fingerprint density at radius 3 is 2.38 bits per heavy atom. The van der Waals surface area contributed by atoms with Crippen molar-refractivity contribution in [1.29, 1.82) is 0 Å². The number of esters is 1. The first-order chi connectivity index (χ1) is 13.9. The van der Waals surface area contributed by atoms with Gasteiger partial charge in [-0.25, -0.2) is 4.79 Å². The maximum Gasteiger partial charge on any atom is 0.342 e. The fourth-order valence-corrected chi connectivity index (χ4v) is 4.30. The molecule has 0 saturated heterocycles. The lowest BCUT2D eigenvalue weighted by molar-refractivity contribution is -0.146. The number of rotatable bonds is 6. The highest BCUT2D eigenvalue weighted by molar-refractivity contribution is 7.15. The summed E-state index contributed by atoms with van der Waals surface area (Å²) < 4.78 is 5.39. The number of carbonyl (C=O) groups is 3. The average Bonchev–Trinajstić information content (AvgIpc) is 3.11. The Morgan fingerprint density at radius 2 is 1.76 bits per heavy atom. The lowest BCUT2D eigenvalue weighted by atomic mass is 9.82. The van der Waals surface area contributed by atoms with Crippen LogP contribution >= 0.6 is 11.3 Å². The molecule has 6 nitrogen and oxygen atoms in total. The highest BCUT2D eigenvalue weighted by Gasteiger charge is 2.35. The molecule has 29 heavy (non-hydrogen) atoms. The zero-order valence-corrected chi connectivity index (χ0v) is 17.1. The minimum Gasteiger partial charge on any atom is -0.481 e. The van der Waals surface area contributed by atoms with Gasteiger partial charge in [0.25, 0.3) is 0 Å². The van der Waals surface area contributed by atoms with Gasteiger partial charge in [-0.2, -0.15) is 0 Å². The molecule has 0 saturated carbocycles. The van der Waals surface area contributed by atoms with Crippen molar-refractivity contribution in [3.63, 3.8) is 0 Å². The van der Waals surface area contributed by atoms with Gasteiger partial charge in [0.05, 0.1) is 17.9 Å². The van der Waals surface area contributed by atoms with E-state index in [0.717, 1.165) is 5.56 Å². The SMILES string of the molecule is CC(C)OC(=O)c1c(-c2ccccc2)csc1NC(=O)[C@@H]1CC=CC[C@@H]1C(=O)O. The molecule has 3 rings (SSSR count). The van der Waals surface area contributed by atoms with E-state index in [0.29, 0.717) is 29.0 Å². The Labute approximate surface area is 173 Å². The molecule has 1 heterocycles. The Morgan fingerprint density at radius 1 is 1.10 bits per heavy atom. The molecule has 0 fully saturated rings. The summed E-state index contributed by atoms with van der Waals surface area (Å²) in [7, 11) is 0. The number of amides is 1. The number of ether oxygens (including phenoxy) is 1. The molecule has 0 unspecified atom stereocenters. The molecule has 1 aromatic carbocycles. The second kappa shape index (κ2) is 9.05. The summed E-state index contributed by atoms with van der Waals surface area (Å²) in [6.07, 6.45) is 3.96. The van der Waals surface area contributed by atoms with Gasteiger partial charge in [-0.15, -0.1) is 11.3 Å². The summed E-state index contributed by atoms with van der Waals surface area (Å²) in [5, 5.41) is 14.4. The molecule has 152 valence electrons. The number of hydrogen-bond donors (Lipinski definition) is 2. The lowest BCUT2D eigenvalue weighted by Crippen LogP contribution is -2.34. The van der Waals surface area contributed by atoms with Gasteiger partial charge in [0.2, 0.25) is 5.91 Å². The highest BCUT2D eigenvalue weighted by Crippen LogP contribution is 2.37. The molecule has 1 aliphatic rings. The summed E-state index contributed by atoms with van der Waals surface area (Å²) in [6, 6.07) is 9.38. The minimum atomic E-state index is -0.995. The van der Waals surface area contributed by atoms with Crippen LogP contribution in [0.1, 0.15) is 37.0 Å². The number of carboxylic acid groups (broad SMARTS) is 1. The molecular weight excluding hydrogens is 390 g/mol. The standard InChI is InChI=1S/C22H23NO5S/c1-13(2)28-22(27)18-17(14-8-4-3-5-9-14)12-29-20(18)23-19(24)15-10-6-7-11-16(15)21(25)26/h3-9,12-13,15-16H,10-11H2,1-2H3,(H,23,24)(H,25,26)/t15-,16+/m1/s1. The normalized spacial score (nSPS) is 18.4. The van der Waals surface area contributed by atoms with Crippen molar-refractivity contribution < 1.29 is 24.2 Å². The third-order valence-electron chi connectivity index (χ3n) is 4.75. The molecule has 0 bridgehead atoms. The van der Waals surface area contributed by atoms with E-state index >= 15 is 0 Å². The van der Waals surface area contributed by atoms with Gasteiger partial charge in [-0.05, 0) is 32.3 Å². The van der Waals surface area contributed by atoms with Crippen LogP contribution < -0.4 is 5.32 Å². The van der Waals surface area contributed by atoms with Crippen LogP contribution in [0.2, 0.25) is 0 Å². The number of allylic oxidation sites excluding steroid dienone is 2. The van der Waals surface area contributed by atoms with Crippen molar-refractivity contribution in [3.8, 4) is 11.1 Å². The van der Waals surface area contributed by atoms with Crippen LogP contribution in [-0.4, -0.2) is 29.1 Å². The molecule has 1 aromatic heterocycles. The largest absolute Gasteiger partial charge is 0.481 e. The second-order valence-corrected chi connectivity index (χ2v) is 8.04. The van der Waals surface area contributed by atoms with Crippen molar-refractivity contribution >= 4 is 34.2 Å². The average molecular weight is 413 g/mol. The molecule has 7 heteroatoms. The van der Waals surface area contributed by atoms with Crippen LogP contribution in [0.3, 0.4) is 0 Å². The van der Waals surface area contributed by atoms with Crippen LogP contribution in [0.25, 0.3) is 11.1 Å². The predicted molar refractivity (Wildman–Crippen MR) is 112 cm³/mol.